The van der Waals surface area contributed by atoms with E-state index in [1.807, 2.05) is 11.8 Å². The van der Waals surface area contributed by atoms with Crippen LogP contribution in [0.5, 0.6) is 0 Å². The van der Waals surface area contributed by atoms with Gasteiger partial charge in [0.2, 0.25) is 5.91 Å². The lowest BCUT2D eigenvalue weighted by atomic mass is 10.0. The molecule has 0 bridgehead atoms. The second-order valence-electron chi connectivity index (χ2n) is 7.59. The van der Waals surface area contributed by atoms with Crippen LogP contribution in [0, 0.1) is 5.92 Å². The van der Waals surface area contributed by atoms with Crippen molar-refractivity contribution >= 4 is 11.9 Å². The van der Waals surface area contributed by atoms with Crippen LogP contribution in [0.4, 0.5) is 13.2 Å². The molecule has 2 aliphatic rings. The highest BCUT2D eigenvalue weighted by Crippen LogP contribution is 2.49. The number of halogens is 3. The summed E-state index contributed by atoms with van der Waals surface area (Å²) in [5.74, 6) is -1.25. The fraction of sp³-hybridized carbons (Fsp3) is 0.600. The summed E-state index contributed by atoms with van der Waals surface area (Å²) in [6.45, 7) is 3.68. The summed E-state index contributed by atoms with van der Waals surface area (Å²) in [4.78, 5) is 27.4. The predicted molar refractivity (Wildman–Crippen MR) is 96.8 cm³/mol. The predicted octanol–water partition coefficient (Wildman–Crippen LogP) is 3.21. The second-order valence-corrected chi connectivity index (χ2v) is 7.59. The van der Waals surface area contributed by atoms with E-state index in [1.165, 1.54) is 6.07 Å². The molecule has 1 saturated heterocycles. The van der Waals surface area contributed by atoms with Gasteiger partial charge in [-0.2, -0.15) is 13.2 Å². The average molecular weight is 398 g/mol. The zero-order valence-corrected chi connectivity index (χ0v) is 15.8. The largest absolute Gasteiger partial charge is 0.480 e. The van der Waals surface area contributed by atoms with Gasteiger partial charge < -0.3 is 10.0 Å². The maximum Gasteiger partial charge on any atom is 0.416 e. The topological polar surface area (TPSA) is 60.9 Å². The number of hydrogen-bond donors (Lipinski definition) is 1. The molecule has 0 radical (unpaired) electrons. The highest BCUT2D eigenvalue weighted by molar-refractivity contribution is 5.83. The number of carboxylic acid groups (broad SMARTS) is 1. The number of hydrogen-bond acceptors (Lipinski definition) is 3. The van der Waals surface area contributed by atoms with Gasteiger partial charge in [-0.25, -0.2) is 0 Å². The first kappa shape index (κ1) is 20.6. The van der Waals surface area contributed by atoms with Gasteiger partial charge in [-0.05, 0) is 43.4 Å². The molecule has 0 spiro atoms. The summed E-state index contributed by atoms with van der Waals surface area (Å²) < 4.78 is 38.7. The number of likely N-dealkylation sites (N-methyl/N-ethyl adjacent to an activating group) is 1. The molecule has 1 heterocycles. The minimum atomic E-state index is -4.38. The Bertz CT molecular complexity index is 730. The first-order chi connectivity index (χ1) is 13.2. The number of carbonyl (C=O) groups is 2. The van der Waals surface area contributed by atoms with E-state index in [0.29, 0.717) is 44.5 Å². The Hall–Kier alpha value is -2.09. The molecule has 3 rings (SSSR count). The summed E-state index contributed by atoms with van der Waals surface area (Å²) in [6.07, 6.45) is -2.37. The van der Waals surface area contributed by atoms with Gasteiger partial charge in [-0.1, -0.05) is 25.1 Å². The molecule has 1 aromatic rings. The lowest BCUT2D eigenvalue weighted by molar-refractivity contribution is -0.140. The quantitative estimate of drug-likeness (QED) is 0.800. The summed E-state index contributed by atoms with van der Waals surface area (Å²) in [5, 5.41) is 9.00. The molecular weight excluding hydrogens is 373 g/mol. The molecule has 28 heavy (non-hydrogen) atoms. The fourth-order valence-electron chi connectivity index (χ4n) is 4.14. The maximum atomic E-state index is 12.9. The van der Waals surface area contributed by atoms with Gasteiger partial charge in [0, 0.05) is 25.0 Å². The lowest BCUT2D eigenvalue weighted by Crippen LogP contribution is -2.48. The van der Waals surface area contributed by atoms with Gasteiger partial charge in [0.05, 0.1) is 12.1 Å². The van der Waals surface area contributed by atoms with Crippen LogP contribution in [0.15, 0.2) is 24.3 Å². The van der Waals surface area contributed by atoms with Crippen molar-refractivity contribution in [2.75, 3.05) is 26.2 Å². The van der Waals surface area contributed by atoms with Crippen LogP contribution in [0.2, 0.25) is 0 Å². The summed E-state index contributed by atoms with van der Waals surface area (Å²) in [6, 6.07) is 5.39. The van der Waals surface area contributed by atoms with Gasteiger partial charge in [-0.15, -0.1) is 0 Å². The van der Waals surface area contributed by atoms with E-state index in [0.717, 1.165) is 12.1 Å². The molecule has 2 unspecified atom stereocenters. The van der Waals surface area contributed by atoms with Crippen molar-refractivity contribution in [3.05, 3.63) is 35.4 Å². The Morgan fingerprint density at radius 1 is 1.25 bits per heavy atom. The monoisotopic (exact) mass is 398 g/mol. The molecular formula is C20H25F3N2O3. The highest BCUT2D eigenvalue weighted by atomic mass is 19.4. The molecule has 154 valence electrons. The minimum Gasteiger partial charge on any atom is -0.480 e. The third-order valence-corrected chi connectivity index (χ3v) is 5.79. The summed E-state index contributed by atoms with van der Waals surface area (Å²) in [5.41, 5.74) is -0.108. The van der Waals surface area contributed by atoms with E-state index < -0.39 is 17.7 Å². The van der Waals surface area contributed by atoms with E-state index in [2.05, 4.69) is 0 Å². The van der Waals surface area contributed by atoms with Crippen molar-refractivity contribution in [1.29, 1.82) is 0 Å². The number of carboxylic acids is 1. The molecule has 1 aliphatic heterocycles. The summed E-state index contributed by atoms with van der Waals surface area (Å²) in [7, 11) is 0. The number of nitrogens with zero attached hydrogens (tertiary/aromatic N) is 2. The molecule has 5 nitrogen and oxygen atoms in total. The number of aliphatic carboxylic acids is 1. The summed E-state index contributed by atoms with van der Waals surface area (Å²) >= 11 is 0. The molecule has 2 fully saturated rings. The fourth-order valence-corrected chi connectivity index (χ4v) is 4.14. The lowest BCUT2D eigenvalue weighted by Gasteiger charge is -2.37. The van der Waals surface area contributed by atoms with Gasteiger partial charge >= 0.3 is 12.1 Å². The maximum absolute atomic E-state index is 12.9. The standard InChI is InChI=1S/C20H25F3N2O3/c1-2-24(12-18(26)27)15-6-8-25(9-7-15)19(28)17-11-16(17)13-4-3-5-14(10-13)20(21,22)23/h3-5,10,15-17H,2,6-9,11-12H2,1H3,(H,26,27). The Balaban J connectivity index is 1.55. The van der Waals surface area contributed by atoms with Crippen LogP contribution in [-0.4, -0.2) is 59.0 Å². The number of alkyl halides is 3. The Kier molecular flexibility index (Phi) is 5.98. The number of amides is 1. The van der Waals surface area contributed by atoms with E-state index in [-0.39, 0.29) is 30.3 Å². The van der Waals surface area contributed by atoms with Crippen LogP contribution in [0.25, 0.3) is 0 Å². The third kappa shape index (κ3) is 4.66. The third-order valence-electron chi connectivity index (χ3n) is 5.79. The van der Waals surface area contributed by atoms with E-state index in [9.17, 15) is 22.8 Å². The van der Waals surface area contributed by atoms with Crippen molar-refractivity contribution in [1.82, 2.24) is 9.80 Å². The average Bonchev–Trinajstić information content (AvgIpc) is 3.46. The second kappa shape index (κ2) is 8.11. The zero-order valence-electron chi connectivity index (χ0n) is 15.8. The van der Waals surface area contributed by atoms with Crippen molar-refractivity contribution in [2.45, 2.75) is 44.3 Å². The van der Waals surface area contributed by atoms with E-state index in [4.69, 9.17) is 5.11 Å². The minimum absolute atomic E-state index is 0.00199. The Morgan fingerprint density at radius 3 is 2.50 bits per heavy atom. The van der Waals surface area contributed by atoms with Crippen molar-refractivity contribution in [2.24, 2.45) is 5.92 Å². The molecule has 1 aliphatic carbocycles. The first-order valence-electron chi connectivity index (χ1n) is 9.62. The number of piperidine rings is 1. The van der Waals surface area contributed by atoms with E-state index >= 15 is 0 Å². The molecule has 0 aromatic heterocycles. The number of carbonyl (C=O) groups excluding carboxylic acids is 1. The van der Waals surface area contributed by atoms with Crippen LogP contribution in [0.1, 0.15) is 43.2 Å². The SMILES string of the molecule is CCN(CC(=O)O)C1CCN(C(=O)C2CC2c2cccc(C(F)(F)F)c2)CC1. The molecule has 1 amide bonds. The molecule has 2 atom stereocenters. The van der Waals surface area contributed by atoms with E-state index in [1.54, 1.807) is 11.0 Å². The normalized spacial score (nSPS) is 23.1. The van der Waals surface area contributed by atoms with Crippen LogP contribution in [0.3, 0.4) is 0 Å². The number of rotatable bonds is 6. The van der Waals surface area contributed by atoms with Gasteiger partial charge in [-0.3, -0.25) is 14.5 Å². The van der Waals surface area contributed by atoms with Crippen LogP contribution < -0.4 is 0 Å². The molecule has 8 heteroatoms. The number of likely N-dealkylation sites (tertiary alicyclic amines) is 1. The molecule has 1 N–H and O–H groups in total. The van der Waals surface area contributed by atoms with Crippen LogP contribution in [-0.2, 0) is 15.8 Å². The molecule has 1 saturated carbocycles. The Labute approximate surface area is 162 Å². The van der Waals surface area contributed by atoms with Gasteiger partial charge in [0.1, 0.15) is 0 Å². The van der Waals surface area contributed by atoms with Gasteiger partial charge in [0.25, 0.3) is 0 Å². The zero-order chi connectivity index (χ0) is 20.5. The highest BCUT2D eigenvalue weighted by Gasteiger charge is 2.47. The van der Waals surface area contributed by atoms with Gasteiger partial charge in [0.15, 0.2) is 0 Å². The van der Waals surface area contributed by atoms with Crippen LogP contribution >= 0.6 is 0 Å². The Morgan fingerprint density at radius 2 is 1.93 bits per heavy atom. The van der Waals surface area contributed by atoms with Crippen molar-refractivity contribution in [3.8, 4) is 0 Å². The smallest absolute Gasteiger partial charge is 0.416 e. The van der Waals surface area contributed by atoms with Crippen molar-refractivity contribution < 1.29 is 27.9 Å². The van der Waals surface area contributed by atoms with Crippen molar-refractivity contribution in [3.63, 3.8) is 0 Å². The first-order valence-corrected chi connectivity index (χ1v) is 9.62. The number of benzene rings is 1. The molecule has 1 aromatic carbocycles.